The Hall–Kier alpha value is -1.60. The summed E-state index contributed by atoms with van der Waals surface area (Å²) in [6, 6.07) is 8.98. The second-order valence-electron chi connectivity index (χ2n) is 7.05. The number of ether oxygens (including phenoxy) is 1. The fourth-order valence-corrected chi connectivity index (χ4v) is 4.11. The van der Waals surface area contributed by atoms with Crippen LogP contribution in [0.3, 0.4) is 0 Å². The van der Waals surface area contributed by atoms with Gasteiger partial charge in [-0.2, -0.15) is 0 Å². The molecule has 0 saturated carbocycles. The van der Waals surface area contributed by atoms with E-state index in [9.17, 15) is 0 Å². The fraction of sp³-hybridized carbons (Fsp3) is 0.455. The third-order valence-electron chi connectivity index (χ3n) is 4.70. The Labute approximate surface area is 141 Å². The fourth-order valence-electron chi connectivity index (χ4n) is 4.11. The van der Waals surface area contributed by atoms with Gasteiger partial charge in [0, 0.05) is 0 Å². The summed E-state index contributed by atoms with van der Waals surface area (Å²) >= 11 is 0. The van der Waals surface area contributed by atoms with Gasteiger partial charge >= 0.3 is 0 Å². The quantitative estimate of drug-likeness (QED) is 0.637. The Morgan fingerprint density at radius 2 is 0.826 bits per heavy atom. The topological polar surface area (TPSA) is 9.23 Å². The molecule has 2 aromatic carbocycles. The van der Waals surface area contributed by atoms with Gasteiger partial charge in [0.05, 0.1) is 12.2 Å². The van der Waals surface area contributed by atoms with E-state index in [4.69, 9.17) is 4.74 Å². The van der Waals surface area contributed by atoms with Gasteiger partial charge < -0.3 is 4.74 Å². The van der Waals surface area contributed by atoms with Crippen molar-refractivity contribution >= 4 is 0 Å². The van der Waals surface area contributed by atoms with Gasteiger partial charge in [-0.3, -0.25) is 0 Å². The average Bonchev–Trinajstić information content (AvgIpc) is 2.35. The predicted octanol–water partition coefficient (Wildman–Crippen LogP) is 6.38. The summed E-state index contributed by atoms with van der Waals surface area (Å²) in [5.74, 6) is 0. The van der Waals surface area contributed by atoms with Crippen LogP contribution in [0.25, 0.3) is 0 Å². The second kappa shape index (κ2) is 6.88. The Morgan fingerprint density at radius 3 is 1.09 bits per heavy atom. The molecule has 0 aliphatic heterocycles. The van der Waals surface area contributed by atoms with Crippen molar-refractivity contribution in [3.8, 4) is 0 Å². The molecule has 0 aliphatic carbocycles. The van der Waals surface area contributed by atoms with Gasteiger partial charge in [0.2, 0.25) is 0 Å². The molecule has 0 fully saturated rings. The summed E-state index contributed by atoms with van der Waals surface area (Å²) in [5.41, 5.74) is 10.6. The van der Waals surface area contributed by atoms with E-state index >= 15 is 0 Å². The summed E-state index contributed by atoms with van der Waals surface area (Å²) in [7, 11) is 0. The molecular formula is C22H30O. The highest BCUT2D eigenvalue weighted by molar-refractivity contribution is 5.40. The van der Waals surface area contributed by atoms with E-state index in [1.54, 1.807) is 0 Å². The Balaban J connectivity index is 2.29. The maximum absolute atomic E-state index is 6.43. The molecule has 0 saturated heterocycles. The van der Waals surface area contributed by atoms with Gasteiger partial charge in [0.15, 0.2) is 0 Å². The van der Waals surface area contributed by atoms with Crippen molar-refractivity contribution in [3.63, 3.8) is 0 Å². The first-order valence-corrected chi connectivity index (χ1v) is 8.51. The van der Waals surface area contributed by atoms with Crippen molar-refractivity contribution in [2.75, 3.05) is 0 Å². The number of benzene rings is 2. The van der Waals surface area contributed by atoms with Gasteiger partial charge in [-0.25, -0.2) is 0 Å². The number of aryl methyl sites for hydroxylation is 6. The minimum absolute atomic E-state index is 0.0886. The van der Waals surface area contributed by atoms with Gasteiger partial charge in [-0.05, 0) is 88.8 Å². The summed E-state index contributed by atoms with van der Waals surface area (Å²) in [6.45, 7) is 17.4. The SMILES string of the molecule is Cc1cc(C)c(C(C)OC(C)c2c(C)cc(C)cc2C)c(C)c1. The summed E-state index contributed by atoms with van der Waals surface area (Å²) < 4.78 is 6.43. The largest absolute Gasteiger partial charge is 0.366 e. The van der Waals surface area contributed by atoms with Gasteiger partial charge in [-0.15, -0.1) is 0 Å². The first-order chi connectivity index (χ1) is 10.7. The van der Waals surface area contributed by atoms with Crippen LogP contribution in [0, 0.1) is 41.5 Å². The second-order valence-corrected chi connectivity index (χ2v) is 7.05. The summed E-state index contributed by atoms with van der Waals surface area (Å²) in [6.07, 6.45) is 0.177. The molecule has 0 heterocycles. The van der Waals surface area contributed by atoms with Crippen molar-refractivity contribution in [2.24, 2.45) is 0 Å². The maximum Gasteiger partial charge on any atom is 0.0810 e. The molecule has 0 aromatic heterocycles. The van der Waals surface area contributed by atoms with E-state index in [1.165, 1.54) is 44.5 Å². The molecule has 2 aromatic rings. The Bertz CT molecular complexity index is 604. The maximum atomic E-state index is 6.43. The lowest BCUT2D eigenvalue weighted by atomic mass is 9.94. The lowest BCUT2D eigenvalue weighted by molar-refractivity contribution is 0.00460. The van der Waals surface area contributed by atoms with Crippen LogP contribution < -0.4 is 0 Å². The number of rotatable bonds is 4. The van der Waals surface area contributed by atoms with Crippen LogP contribution in [-0.4, -0.2) is 0 Å². The molecule has 0 aliphatic rings. The van der Waals surface area contributed by atoms with E-state index in [-0.39, 0.29) is 12.2 Å². The molecule has 0 spiro atoms. The highest BCUT2D eigenvalue weighted by Crippen LogP contribution is 2.33. The summed E-state index contributed by atoms with van der Waals surface area (Å²) in [4.78, 5) is 0. The molecule has 0 amide bonds. The lowest BCUT2D eigenvalue weighted by Gasteiger charge is -2.25. The van der Waals surface area contributed by atoms with Crippen LogP contribution in [0.4, 0.5) is 0 Å². The average molecular weight is 310 g/mol. The van der Waals surface area contributed by atoms with Crippen LogP contribution in [-0.2, 0) is 4.74 Å². The smallest absolute Gasteiger partial charge is 0.0810 e. The zero-order valence-corrected chi connectivity index (χ0v) is 15.9. The first-order valence-electron chi connectivity index (χ1n) is 8.51. The molecule has 0 bridgehead atoms. The van der Waals surface area contributed by atoms with Gasteiger partial charge in [0.1, 0.15) is 0 Å². The minimum Gasteiger partial charge on any atom is -0.366 e. The van der Waals surface area contributed by atoms with Crippen LogP contribution in [0.5, 0.6) is 0 Å². The third-order valence-corrected chi connectivity index (χ3v) is 4.70. The van der Waals surface area contributed by atoms with E-state index in [0.717, 1.165) is 0 Å². The minimum atomic E-state index is 0.0886. The number of hydrogen-bond donors (Lipinski definition) is 0. The van der Waals surface area contributed by atoms with Crippen molar-refractivity contribution < 1.29 is 4.74 Å². The van der Waals surface area contributed by atoms with E-state index in [0.29, 0.717) is 0 Å². The predicted molar refractivity (Wildman–Crippen MR) is 99.2 cm³/mol. The highest BCUT2D eigenvalue weighted by atomic mass is 16.5. The van der Waals surface area contributed by atoms with Gasteiger partial charge in [0.25, 0.3) is 0 Å². The van der Waals surface area contributed by atoms with E-state index < -0.39 is 0 Å². The molecule has 1 nitrogen and oxygen atoms in total. The van der Waals surface area contributed by atoms with Crippen LogP contribution in [0.2, 0.25) is 0 Å². The molecule has 23 heavy (non-hydrogen) atoms. The van der Waals surface area contributed by atoms with Crippen molar-refractivity contribution in [1.29, 1.82) is 0 Å². The van der Waals surface area contributed by atoms with E-state index in [1.807, 2.05) is 0 Å². The zero-order valence-electron chi connectivity index (χ0n) is 15.9. The van der Waals surface area contributed by atoms with Crippen LogP contribution in [0.15, 0.2) is 24.3 Å². The summed E-state index contributed by atoms with van der Waals surface area (Å²) in [5, 5.41) is 0. The first kappa shape index (κ1) is 17.7. The third kappa shape index (κ3) is 3.84. The van der Waals surface area contributed by atoms with E-state index in [2.05, 4.69) is 79.7 Å². The van der Waals surface area contributed by atoms with Crippen LogP contribution in [0.1, 0.15) is 70.6 Å². The molecule has 2 unspecified atom stereocenters. The highest BCUT2D eigenvalue weighted by Gasteiger charge is 2.19. The molecule has 124 valence electrons. The molecule has 0 N–H and O–H groups in total. The van der Waals surface area contributed by atoms with Crippen molar-refractivity contribution in [1.82, 2.24) is 0 Å². The Morgan fingerprint density at radius 1 is 0.565 bits per heavy atom. The molecule has 2 rings (SSSR count). The zero-order chi connectivity index (χ0) is 17.3. The van der Waals surface area contributed by atoms with Crippen molar-refractivity contribution in [3.05, 3.63) is 68.8 Å². The number of hydrogen-bond acceptors (Lipinski definition) is 1. The lowest BCUT2D eigenvalue weighted by Crippen LogP contribution is -2.10. The molecule has 0 radical (unpaired) electrons. The standard InChI is InChI=1S/C22H30O/c1-13-9-15(3)21(16(4)10-13)19(7)23-20(8)22-17(5)11-14(2)12-18(22)6/h9-12,19-20H,1-8H3. The normalized spacial score (nSPS) is 13.9. The van der Waals surface area contributed by atoms with Crippen molar-refractivity contribution in [2.45, 2.75) is 67.6 Å². The molecular weight excluding hydrogens is 280 g/mol. The van der Waals surface area contributed by atoms with Gasteiger partial charge in [-0.1, -0.05) is 35.4 Å². The monoisotopic (exact) mass is 310 g/mol. The van der Waals surface area contributed by atoms with Crippen LogP contribution >= 0.6 is 0 Å². The Kier molecular flexibility index (Phi) is 5.31. The molecule has 1 heteroatoms. The molecule has 2 atom stereocenters.